The SMILES string of the molecule is CC(=Cc1ccc(Cl)c([N+](=O)[O-])c1)[N+](=O)[O-]. The minimum Gasteiger partial charge on any atom is -0.259 e. The van der Waals surface area contributed by atoms with Crippen LogP contribution in [0.1, 0.15) is 12.5 Å². The second-order valence-electron chi connectivity index (χ2n) is 3.01. The summed E-state index contributed by atoms with van der Waals surface area (Å²) >= 11 is 5.59. The summed E-state index contributed by atoms with van der Waals surface area (Å²) in [5, 5.41) is 20.9. The van der Waals surface area contributed by atoms with Crippen LogP contribution in [0.15, 0.2) is 23.9 Å². The van der Waals surface area contributed by atoms with Gasteiger partial charge in [0.2, 0.25) is 5.70 Å². The first-order chi connectivity index (χ1) is 7.41. The molecule has 7 heteroatoms. The summed E-state index contributed by atoms with van der Waals surface area (Å²) in [5.41, 5.74) is -0.00603. The summed E-state index contributed by atoms with van der Waals surface area (Å²) in [6.45, 7) is 1.31. The Morgan fingerprint density at radius 1 is 1.38 bits per heavy atom. The first-order valence-corrected chi connectivity index (χ1v) is 4.56. The van der Waals surface area contributed by atoms with E-state index in [0.29, 0.717) is 5.56 Å². The van der Waals surface area contributed by atoms with Gasteiger partial charge < -0.3 is 0 Å². The molecule has 0 radical (unpaired) electrons. The topological polar surface area (TPSA) is 86.3 Å². The lowest BCUT2D eigenvalue weighted by Gasteiger charge is -1.97. The van der Waals surface area contributed by atoms with Crippen molar-refractivity contribution in [1.82, 2.24) is 0 Å². The number of hydrogen-bond donors (Lipinski definition) is 0. The lowest BCUT2D eigenvalue weighted by Crippen LogP contribution is -1.94. The van der Waals surface area contributed by atoms with Gasteiger partial charge in [-0.25, -0.2) is 0 Å². The van der Waals surface area contributed by atoms with E-state index < -0.39 is 9.85 Å². The van der Waals surface area contributed by atoms with E-state index in [4.69, 9.17) is 11.6 Å². The van der Waals surface area contributed by atoms with Crippen molar-refractivity contribution in [3.8, 4) is 0 Å². The Hall–Kier alpha value is -1.95. The summed E-state index contributed by atoms with van der Waals surface area (Å²) < 4.78 is 0. The molecule has 0 unspecified atom stereocenters. The van der Waals surface area contributed by atoms with E-state index in [1.807, 2.05) is 0 Å². The van der Waals surface area contributed by atoms with Crippen molar-refractivity contribution in [1.29, 1.82) is 0 Å². The third kappa shape index (κ3) is 2.77. The van der Waals surface area contributed by atoms with Gasteiger partial charge in [-0.2, -0.15) is 0 Å². The predicted molar refractivity (Wildman–Crippen MR) is 58.8 cm³/mol. The molecule has 1 aromatic rings. The number of rotatable bonds is 3. The van der Waals surface area contributed by atoms with Crippen molar-refractivity contribution in [2.75, 3.05) is 0 Å². The van der Waals surface area contributed by atoms with Crippen molar-refractivity contribution >= 4 is 23.4 Å². The number of nitro benzene ring substituents is 1. The minimum absolute atomic E-state index is 0.000839. The highest BCUT2D eigenvalue weighted by Gasteiger charge is 2.13. The second kappa shape index (κ2) is 4.71. The Morgan fingerprint density at radius 2 is 2.00 bits per heavy atom. The average molecular weight is 243 g/mol. The second-order valence-corrected chi connectivity index (χ2v) is 3.42. The molecule has 16 heavy (non-hydrogen) atoms. The molecule has 0 amide bonds. The van der Waals surface area contributed by atoms with Gasteiger partial charge in [0.05, 0.1) is 9.85 Å². The summed E-state index contributed by atoms with van der Waals surface area (Å²) in [4.78, 5) is 19.7. The summed E-state index contributed by atoms with van der Waals surface area (Å²) in [6, 6.07) is 4.00. The first-order valence-electron chi connectivity index (χ1n) is 4.18. The molecule has 0 atom stereocenters. The van der Waals surface area contributed by atoms with E-state index in [1.54, 1.807) is 0 Å². The van der Waals surface area contributed by atoms with Gasteiger partial charge in [0.1, 0.15) is 5.02 Å². The van der Waals surface area contributed by atoms with E-state index in [2.05, 4.69) is 0 Å². The molecule has 0 heterocycles. The molecule has 0 aliphatic rings. The van der Waals surface area contributed by atoms with Crippen LogP contribution in [0.25, 0.3) is 6.08 Å². The highest BCUT2D eigenvalue weighted by Crippen LogP contribution is 2.25. The van der Waals surface area contributed by atoms with Crippen molar-refractivity contribution < 1.29 is 9.85 Å². The van der Waals surface area contributed by atoms with Gasteiger partial charge in [0.15, 0.2) is 0 Å². The van der Waals surface area contributed by atoms with Crippen LogP contribution < -0.4 is 0 Å². The third-order valence-electron chi connectivity index (χ3n) is 1.83. The monoisotopic (exact) mass is 242 g/mol. The van der Waals surface area contributed by atoms with Gasteiger partial charge >= 0.3 is 0 Å². The van der Waals surface area contributed by atoms with E-state index in [1.165, 1.54) is 31.2 Å². The molecule has 1 aromatic carbocycles. The average Bonchev–Trinajstić information content (AvgIpc) is 2.20. The summed E-state index contributed by atoms with van der Waals surface area (Å²) in [5.74, 6) is 0. The molecule has 0 spiro atoms. The fraction of sp³-hybridized carbons (Fsp3) is 0.111. The fourth-order valence-corrected chi connectivity index (χ4v) is 1.24. The van der Waals surface area contributed by atoms with Gasteiger partial charge in [-0.3, -0.25) is 20.2 Å². The number of benzene rings is 1. The van der Waals surface area contributed by atoms with Crippen LogP contribution in [0.5, 0.6) is 0 Å². The van der Waals surface area contributed by atoms with Crippen LogP contribution in [-0.2, 0) is 0 Å². The molecule has 0 saturated heterocycles. The van der Waals surface area contributed by atoms with Gasteiger partial charge in [-0.05, 0) is 11.6 Å². The lowest BCUT2D eigenvalue weighted by molar-refractivity contribution is -0.422. The Kier molecular flexibility index (Phi) is 3.57. The highest BCUT2D eigenvalue weighted by molar-refractivity contribution is 6.32. The first kappa shape index (κ1) is 12.1. The van der Waals surface area contributed by atoms with Crippen LogP contribution >= 0.6 is 11.6 Å². The Labute approximate surface area is 95.4 Å². The molecule has 0 fully saturated rings. The van der Waals surface area contributed by atoms with Crippen LogP contribution in [0.3, 0.4) is 0 Å². The summed E-state index contributed by atoms with van der Waals surface area (Å²) in [6.07, 6.45) is 1.24. The van der Waals surface area contributed by atoms with Gasteiger partial charge in [0.25, 0.3) is 5.69 Å². The van der Waals surface area contributed by atoms with E-state index >= 15 is 0 Å². The summed E-state index contributed by atoms with van der Waals surface area (Å²) in [7, 11) is 0. The number of nitrogens with zero attached hydrogens (tertiary/aromatic N) is 2. The molecule has 0 aliphatic carbocycles. The molecular weight excluding hydrogens is 236 g/mol. The van der Waals surface area contributed by atoms with Gasteiger partial charge in [0, 0.05) is 19.1 Å². The standard InChI is InChI=1S/C9H7ClN2O4/c1-6(11(13)14)4-7-2-3-8(10)9(5-7)12(15)16/h2-5H,1H3. The van der Waals surface area contributed by atoms with Crippen LogP contribution in [0.4, 0.5) is 5.69 Å². The van der Waals surface area contributed by atoms with Crippen molar-refractivity contribution in [3.63, 3.8) is 0 Å². The molecule has 1 rings (SSSR count). The quantitative estimate of drug-likeness (QED) is 0.602. The van der Waals surface area contributed by atoms with E-state index in [0.717, 1.165) is 0 Å². The lowest BCUT2D eigenvalue weighted by atomic mass is 10.2. The smallest absolute Gasteiger partial charge is 0.259 e. The molecule has 6 nitrogen and oxygen atoms in total. The largest absolute Gasteiger partial charge is 0.288 e. The fourth-order valence-electron chi connectivity index (χ4n) is 1.05. The molecule has 0 saturated carbocycles. The Balaban J connectivity index is 3.18. The molecule has 0 N–H and O–H groups in total. The zero-order chi connectivity index (χ0) is 12.3. The normalized spacial score (nSPS) is 11.2. The van der Waals surface area contributed by atoms with Crippen LogP contribution in [0.2, 0.25) is 5.02 Å². The van der Waals surface area contributed by atoms with Crippen LogP contribution in [0, 0.1) is 20.2 Å². The van der Waals surface area contributed by atoms with Crippen molar-refractivity contribution in [3.05, 3.63) is 54.7 Å². The van der Waals surface area contributed by atoms with Crippen LogP contribution in [-0.4, -0.2) is 9.85 Å². The number of halogens is 1. The predicted octanol–water partition coefficient (Wildman–Crippen LogP) is 2.89. The number of allylic oxidation sites excluding steroid dienone is 1. The maximum absolute atomic E-state index is 10.6. The van der Waals surface area contributed by atoms with Crippen molar-refractivity contribution in [2.45, 2.75) is 6.92 Å². The van der Waals surface area contributed by atoms with Crippen molar-refractivity contribution in [2.24, 2.45) is 0 Å². The zero-order valence-electron chi connectivity index (χ0n) is 8.21. The maximum atomic E-state index is 10.6. The Bertz CT molecular complexity index is 484. The molecular formula is C9H7ClN2O4. The molecule has 0 bridgehead atoms. The highest BCUT2D eigenvalue weighted by atomic mass is 35.5. The Morgan fingerprint density at radius 3 is 2.50 bits per heavy atom. The zero-order valence-corrected chi connectivity index (χ0v) is 8.97. The number of nitro groups is 2. The third-order valence-corrected chi connectivity index (χ3v) is 2.15. The molecule has 84 valence electrons. The molecule has 0 aliphatic heterocycles. The minimum atomic E-state index is -0.638. The van der Waals surface area contributed by atoms with Gasteiger partial charge in [-0.1, -0.05) is 17.7 Å². The van der Waals surface area contributed by atoms with E-state index in [-0.39, 0.29) is 16.4 Å². The van der Waals surface area contributed by atoms with Gasteiger partial charge in [-0.15, -0.1) is 0 Å². The van der Waals surface area contributed by atoms with E-state index in [9.17, 15) is 20.2 Å². The maximum Gasteiger partial charge on any atom is 0.288 e. The molecule has 0 aromatic heterocycles. The number of hydrogen-bond acceptors (Lipinski definition) is 4.